The SMILES string of the molecule is CCCOc1ccc(C#N)cc1C(C)=O. The molecule has 1 aromatic rings. The summed E-state index contributed by atoms with van der Waals surface area (Å²) in [7, 11) is 0. The van der Waals surface area contributed by atoms with Crippen molar-refractivity contribution in [3.63, 3.8) is 0 Å². The molecule has 0 aliphatic carbocycles. The molecule has 0 aromatic heterocycles. The Morgan fingerprint density at radius 1 is 1.53 bits per heavy atom. The number of nitrogens with zero attached hydrogens (tertiary/aromatic N) is 1. The lowest BCUT2D eigenvalue weighted by atomic mass is 10.1. The van der Waals surface area contributed by atoms with E-state index >= 15 is 0 Å². The number of hydrogen-bond donors (Lipinski definition) is 0. The van der Waals surface area contributed by atoms with Gasteiger partial charge in [-0.25, -0.2) is 0 Å². The molecule has 0 saturated carbocycles. The highest BCUT2D eigenvalue weighted by Crippen LogP contribution is 2.20. The minimum atomic E-state index is -0.0850. The van der Waals surface area contributed by atoms with Crippen LogP contribution in [0.15, 0.2) is 18.2 Å². The summed E-state index contributed by atoms with van der Waals surface area (Å²) < 4.78 is 5.42. The van der Waals surface area contributed by atoms with Crippen molar-refractivity contribution >= 4 is 5.78 Å². The maximum atomic E-state index is 11.3. The molecule has 1 aromatic carbocycles. The smallest absolute Gasteiger partial charge is 0.163 e. The Hall–Kier alpha value is -1.82. The minimum Gasteiger partial charge on any atom is -0.493 e. The minimum absolute atomic E-state index is 0.0850. The van der Waals surface area contributed by atoms with Crippen LogP contribution < -0.4 is 4.74 Å². The van der Waals surface area contributed by atoms with Gasteiger partial charge in [0.05, 0.1) is 23.8 Å². The summed E-state index contributed by atoms with van der Waals surface area (Å²) >= 11 is 0. The number of nitriles is 1. The van der Waals surface area contributed by atoms with E-state index in [-0.39, 0.29) is 5.78 Å². The molecular weight excluding hydrogens is 190 g/mol. The van der Waals surface area contributed by atoms with Crippen molar-refractivity contribution in [1.82, 2.24) is 0 Å². The van der Waals surface area contributed by atoms with E-state index in [1.165, 1.54) is 6.92 Å². The quantitative estimate of drug-likeness (QED) is 0.706. The Bertz CT molecular complexity index is 405. The van der Waals surface area contributed by atoms with E-state index in [1.807, 2.05) is 13.0 Å². The molecule has 0 aliphatic heterocycles. The van der Waals surface area contributed by atoms with Crippen molar-refractivity contribution in [2.24, 2.45) is 0 Å². The summed E-state index contributed by atoms with van der Waals surface area (Å²) in [5, 5.41) is 8.71. The normalized spacial score (nSPS) is 9.40. The molecule has 0 heterocycles. The summed E-state index contributed by atoms with van der Waals surface area (Å²) in [5.41, 5.74) is 0.951. The molecule has 0 bridgehead atoms. The number of hydrogen-bond acceptors (Lipinski definition) is 3. The third-order valence-corrected chi connectivity index (χ3v) is 1.95. The van der Waals surface area contributed by atoms with Gasteiger partial charge in [0.15, 0.2) is 5.78 Å². The highest BCUT2D eigenvalue weighted by atomic mass is 16.5. The fraction of sp³-hybridized carbons (Fsp3) is 0.333. The molecular formula is C12H13NO2. The first-order chi connectivity index (χ1) is 7.19. The highest BCUT2D eigenvalue weighted by molar-refractivity contribution is 5.97. The number of carbonyl (C=O) groups is 1. The second-order valence-electron chi connectivity index (χ2n) is 3.23. The van der Waals surface area contributed by atoms with E-state index in [9.17, 15) is 4.79 Å². The first-order valence-electron chi connectivity index (χ1n) is 4.87. The van der Waals surface area contributed by atoms with E-state index in [0.717, 1.165) is 6.42 Å². The number of rotatable bonds is 4. The Morgan fingerprint density at radius 2 is 2.27 bits per heavy atom. The van der Waals surface area contributed by atoms with Gasteiger partial charge in [0.1, 0.15) is 5.75 Å². The van der Waals surface area contributed by atoms with E-state index in [0.29, 0.717) is 23.5 Å². The van der Waals surface area contributed by atoms with Gasteiger partial charge in [-0.15, -0.1) is 0 Å². The van der Waals surface area contributed by atoms with Crippen LogP contribution in [0.1, 0.15) is 36.2 Å². The number of carbonyl (C=O) groups excluding carboxylic acids is 1. The van der Waals surface area contributed by atoms with Crippen LogP contribution in [0.3, 0.4) is 0 Å². The summed E-state index contributed by atoms with van der Waals surface area (Å²) in [4.78, 5) is 11.3. The summed E-state index contributed by atoms with van der Waals surface area (Å²) in [6.07, 6.45) is 0.886. The lowest BCUT2D eigenvalue weighted by Crippen LogP contribution is -2.02. The van der Waals surface area contributed by atoms with Crippen molar-refractivity contribution in [3.8, 4) is 11.8 Å². The van der Waals surface area contributed by atoms with Gasteiger partial charge in [-0.2, -0.15) is 5.26 Å². The first-order valence-corrected chi connectivity index (χ1v) is 4.87. The Labute approximate surface area is 89.3 Å². The van der Waals surface area contributed by atoms with E-state index in [1.54, 1.807) is 18.2 Å². The zero-order valence-corrected chi connectivity index (χ0v) is 8.91. The molecule has 0 saturated heterocycles. The standard InChI is InChI=1S/C12H13NO2/c1-3-6-15-12-5-4-10(8-13)7-11(12)9(2)14/h4-5,7H,3,6H2,1-2H3. The van der Waals surface area contributed by atoms with Gasteiger partial charge in [0.2, 0.25) is 0 Å². The van der Waals surface area contributed by atoms with Gasteiger partial charge in [-0.1, -0.05) is 6.92 Å². The zero-order chi connectivity index (χ0) is 11.3. The molecule has 15 heavy (non-hydrogen) atoms. The molecule has 0 unspecified atom stereocenters. The Morgan fingerprint density at radius 3 is 2.80 bits per heavy atom. The zero-order valence-electron chi connectivity index (χ0n) is 8.91. The monoisotopic (exact) mass is 203 g/mol. The van der Waals surface area contributed by atoms with Crippen LogP contribution in [0.5, 0.6) is 5.75 Å². The van der Waals surface area contributed by atoms with Crippen molar-refractivity contribution in [3.05, 3.63) is 29.3 Å². The van der Waals surface area contributed by atoms with Gasteiger partial charge >= 0.3 is 0 Å². The number of benzene rings is 1. The van der Waals surface area contributed by atoms with Crippen LogP contribution in [0.4, 0.5) is 0 Å². The molecule has 3 heteroatoms. The molecule has 0 N–H and O–H groups in total. The largest absolute Gasteiger partial charge is 0.493 e. The molecule has 0 radical (unpaired) electrons. The number of ketones is 1. The second-order valence-corrected chi connectivity index (χ2v) is 3.23. The molecule has 0 atom stereocenters. The van der Waals surface area contributed by atoms with Crippen molar-refractivity contribution in [2.45, 2.75) is 20.3 Å². The fourth-order valence-corrected chi connectivity index (χ4v) is 1.21. The topological polar surface area (TPSA) is 50.1 Å². The van der Waals surface area contributed by atoms with Crippen LogP contribution in [0, 0.1) is 11.3 Å². The van der Waals surface area contributed by atoms with E-state index in [2.05, 4.69) is 0 Å². The third kappa shape index (κ3) is 2.81. The molecule has 3 nitrogen and oxygen atoms in total. The molecule has 78 valence electrons. The molecule has 1 rings (SSSR count). The van der Waals surface area contributed by atoms with Crippen LogP contribution in [0.25, 0.3) is 0 Å². The first kappa shape index (κ1) is 11.3. The molecule has 0 fully saturated rings. The summed E-state index contributed by atoms with van der Waals surface area (Å²) in [6.45, 7) is 4.04. The second kappa shape index (κ2) is 5.16. The van der Waals surface area contributed by atoms with Crippen LogP contribution >= 0.6 is 0 Å². The number of Topliss-reactive ketones (excluding diaryl/α,β-unsaturated/α-hetero) is 1. The average molecular weight is 203 g/mol. The van der Waals surface area contributed by atoms with Gasteiger partial charge in [-0.3, -0.25) is 4.79 Å². The van der Waals surface area contributed by atoms with E-state index in [4.69, 9.17) is 10.00 Å². The van der Waals surface area contributed by atoms with Crippen molar-refractivity contribution < 1.29 is 9.53 Å². The number of ether oxygens (including phenoxy) is 1. The Kier molecular flexibility index (Phi) is 3.87. The fourth-order valence-electron chi connectivity index (χ4n) is 1.21. The molecule has 0 amide bonds. The maximum absolute atomic E-state index is 11.3. The van der Waals surface area contributed by atoms with Crippen molar-refractivity contribution in [1.29, 1.82) is 5.26 Å². The summed E-state index contributed by atoms with van der Waals surface area (Å²) in [5.74, 6) is 0.474. The Balaban J connectivity index is 3.05. The molecule has 0 aliphatic rings. The molecule has 0 spiro atoms. The predicted octanol–water partition coefficient (Wildman–Crippen LogP) is 2.55. The van der Waals surface area contributed by atoms with Gasteiger partial charge < -0.3 is 4.74 Å². The van der Waals surface area contributed by atoms with Crippen LogP contribution in [-0.2, 0) is 0 Å². The lowest BCUT2D eigenvalue weighted by molar-refractivity contribution is 0.101. The third-order valence-electron chi connectivity index (χ3n) is 1.95. The van der Waals surface area contributed by atoms with Crippen LogP contribution in [0.2, 0.25) is 0 Å². The maximum Gasteiger partial charge on any atom is 0.163 e. The van der Waals surface area contributed by atoms with Crippen molar-refractivity contribution in [2.75, 3.05) is 6.61 Å². The predicted molar refractivity (Wildman–Crippen MR) is 56.9 cm³/mol. The van der Waals surface area contributed by atoms with Gasteiger partial charge in [0.25, 0.3) is 0 Å². The summed E-state index contributed by atoms with van der Waals surface area (Å²) in [6, 6.07) is 6.88. The van der Waals surface area contributed by atoms with Gasteiger partial charge in [0, 0.05) is 0 Å². The highest BCUT2D eigenvalue weighted by Gasteiger charge is 2.09. The van der Waals surface area contributed by atoms with E-state index < -0.39 is 0 Å². The average Bonchev–Trinajstić information content (AvgIpc) is 2.26. The lowest BCUT2D eigenvalue weighted by Gasteiger charge is -2.08. The van der Waals surface area contributed by atoms with Crippen LogP contribution in [-0.4, -0.2) is 12.4 Å². The van der Waals surface area contributed by atoms with Gasteiger partial charge in [-0.05, 0) is 31.5 Å².